The molecular formula is C15H27NOS. The van der Waals surface area contributed by atoms with Gasteiger partial charge in [-0.15, -0.1) is 11.3 Å². The van der Waals surface area contributed by atoms with E-state index >= 15 is 0 Å². The third kappa shape index (κ3) is 4.71. The van der Waals surface area contributed by atoms with Gasteiger partial charge in [-0.1, -0.05) is 27.7 Å². The van der Waals surface area contributed by atoms with Crippen LogP contribution in [0.1, 0.15) is 57.1 Å². The van der Waals surface area contributed by atoms with Crippen LogP contribution >= 0.6 is 11.3 Å². The fraction of sp³-hybridized carbons (Fsp3) is 0.733. The van der Waals surface area contributed by atoms with Crippen LogP contribution in [0, 0.1) is 12.3 Å². The molecule has 0 radical (unpaired) electrons. The van der Waals surface area contributed by atoms with Crippen molar-refractivity contribution in [3.8, 4) is 0 Å². The van der Waals surface area contributed by atoms with Crippen LogP contribution in [0.15, 0.2) is 11.4 Å². The van der Waals surface area contributed by atoms with E-state index in [1.165, 1.54) is 10.4 Å². The number of hydrogen-bond acceptors (Lipinski definition) is 3. The summed E-state index contributed by atoms with van der Waals surface area (Å²) in [5.74, 6) is 0. The first kappa shape index (κ1) is 15.7. The summed E-state index contributed by atoms with van der Waals surface area (Å²) in [6.07, 6.45) is 2.05. The lowest BCUT2D eigenvalue weighted by Gasteiger charge is -2.25. The fourth-order valence-electron chi connectivity index (χ4n) is 1.78. The molecule has 0 saturated carbocycles. The van der Waals surface area contributed by atoms with Crippen molar-refractivity contribution < 1.29 is 4.74 Å². The van der Waals surface area contributed by atoms with Crippen molar-refractivity contribution in [1.82, 2.24) is 0 Å². The van der Waals surface area contributed by atoms with Crippen molar-refractivity contribution >= 4 is 11.3 Å². The third-order valence-corrected chi connectivity index (χ3v) is 4.25. The van der Waals surface area contributed by atoms with E-state index in [-0.39, 0.29) is 12.1 Å². The van der Waals surface area contributed by atoms with Gasteiger partial charge in [-0.05, 0) is 42.2 Å². The molecule has 0 fully saturated rings. The second-order valence-corrected chi connectivity index (χ2v) is 7.09. The van der Waals surface area contributed by atoms with Gasteiger partial charge in [0.15, 0.2) is 0 Å². The van der Waals surface area contributed by atoms with Gasteiger partial charge in [0.25, 0.3) is 0 Å². The predicted molar refractivity (Wildman–Crippen MR) is 80.1 cm³/mol. The Morgan fingerprint density at radius 2 is 2.06 bits per heavy atom. The van der Waals surface area contributed by atoms with Crippen molar-refractivity contribution in [3.63, 3.8) is 0 Å². The molecule has 104 valence electrons. The quantitative estimate of drug-likeness (QED) is 0.836. The van der Waals surface area contributed by atoms with Crippen LogP contribution in [0.4, 0.5) is 0 Å². The van der Waals surface area contributed by atoms with Crippen LogP contribution < -0.4 is 5.73 Å². The minimum atomic E-state index is 0.0531. The lowest BCUT2D eigenvalue weighted by Crippen LogP contribution is -2.30. The highest BCUT2D eigenvalue weighted by Crippen LogP contribution is 2.31. The first-order valence-corrected chi connectivity index (χ1v) is 7.64. The van der Waals surface area contributed by atoms with Crippen molar-refractivity contribution in [3.05, 3.63) is 21.9 Å². The molecule has 1 heterocycles. The SMILES string of the molecule is CCC(N)C(OCCC(C)(C)C)c1sccc1C. The Balaban J connectivity index is 2.66. The molecular weight excluding hydrogens is 242 g/mol. The molecule has 0 aliphatic rings. The van der Waals surface area contributed by atoms with Gasteiger partial charge in [-0.2, -0.15) is 0 Å². The van der Waals surface area contributed by atoms with E-state index in [1.54, 1.807) is 11.3 Å². The molecule has 1 rings (SSSR count). The van der Waals surface area contributed by atoms with E-state index in [1.807, 2.05) is 0 Å². The maximum absolute atomic E-state index is 6.21. The minimum absolute atomic E-state index is 0.0531. The Bertz CT molecular complexity index is 354. The normalized spacial score (nSPS) is 15.7. The molecule has 2 N–H and O–H groups in total. The van der Waals surface area contributed by atoms with E-state index in [0.29, 0.717) is 5.41 Å². The van der Waals surface area contributed by atoms with E-state index in [2.05, 4.69) is 46.1 Å². The second kappa shape index (κ2) is 6.69. The van der Waals surface area contributed by atoms with Crippen LogP contribution in [0.25, 0.3) is 0 Å². The van der Waals surface area contributed by atoms with Crippen LogP contribution in [0.2, 0.25) is 0 Å². The maximum Gasteiger partial charge on any atom is 0.107 e. The van der Waals surface area contributed by atoms with Gasteiger partial charge in [0.2, 0.25) is 0 Å². The Morgan fingerprint density at radius 1 is 1.39 bits per heavy atom. The molecule has 1 aromatic rings. The lowest BCUT2D eigenvalue weighted by atomic mass is 9.93. The van der Waals surface area contributed by atoms with Gasteiger partial charge in [0.1, 0.15) is 6.10 Å². The summed E-state index contributed by atoms with van der Waals surface area (Å²) in [7, 11) is 0. The molecule has 3 heteroatoms. The zero-order valence-electron chi connectivity index (χ0n) is 12.3. The van der Waals surface area contributed by atoms with Gasteiger partial charge in [-0.25, -0.2) is 0 Å². The first-order valence-electron chi connectivity index (χ1n) is 6.76. The number of hydrogen-bond donors (Lipinski definition) is 1. The lowest BCUT2D eigenvalue weighted by molar-refractivity contribution is 0.0217. The molecule has 0 aliphatic carbocycles. The topological polar surface area (TPSA) is 35.2 Å². The minimum Gasteiger partial charge on any atom is -0.371 e. The molecule has 0 saturated heterocycles. The molecule has 2 atom stereocenters. The molecule has 1 aromatic heterocycles. The average Bonchev–Trinajstić information content (AvgIpc) is 2.68. The predicted octanol–water partition coefficient (Wildman–Crippen LogP) is 4.29. The van der Waals surface area contributed by atoms with Crippen molar-refractivity contribution in [2.45, 2.75) is 59.6 Å². The van der Waals surface area contributed by atoms with Crippen LogP contribution in [-0.2, 0) is 4.74 Å². The number of ether oxygens (including phenoxy) is 1. The third-order valence-electron chi connectivity index (χ3n) is 3.17. The molecule has 0 aromatic carbocycles. The largest absolute Gasteiger partial charge is 0.371 e. The smallest absolute Gasteiger partial charge is 0.107 e. The van der Waals surface area contributed by atoms with Crippen molar-refractivity contribution in [2.24, 2.45) is 11.1 Å². The highest BCUT2D eigenvalue weighted by atomic mass is 32.1. The number of aryl methyl sites for hydroxylation is 1. The Hall–Kier alpha value is -0.380. The molecule has 0 amide bonds. The zero-order chi connectivity index (χ0) is 13.8. The zero-order valence-corrected chi connectivity index (χ0v) is 13.1. The van der Waals surface area contributed by atoms with Crippen molar-refractivity contribution in [1.29, 1.82) is 0 Å². The van der Waals surface area contributed by atoms with E-state index < -0.39 is 0 Å². The molecule has 0 aliphatic heterocycles. The Kier molecular flexibility index (Phi) is 5.83. The van der Waals surface area contributed by atoms with E-state index in [0.717, 1.165) is 19.4 Å². The fourth-order valence-corrected chi connectivity index (χ4v) is 2.83. The molecule has 0 bridgehead atoms. The van der Waals surface area contributed by atoms with E-state index in [9.17, 15) is 0 Å². The first-order chi connectivity index (χ1) is 8.35. The number of nitrogens with two attached hydrogens (primary N) is 1. The van der Waals surface area contributed by atoms with Gasteiger partial charge >= 0.3 is 0 Å². The van der Waals surface area contributed by atoms with Gasteiger partial charge in [-0.3, -0.25) is 0 Å². The highest BCUT2D eigenvalue weighted by Gasteiger charge is 2.23. The average molecular weight is 269 g/mol. The van der Waals surface area contributed by atoms with Gasteiger partial charge < -0.3 is 10.5 Å². The van der Waals surface area contributed by atoms with Gasteiger partial charge in [0, 0.05) is 17.5 Å². The number of thiophene rings is 1. The Morgan fingerprint density at radius 3 is 2.50 bits per heavy atom. The highest BCUT2D eigenvalue weighted by molar-refractivity contribution is 7.10. The molecule has 0 spiro atoms. The molecule has 2 unspecified atom stereocenters. The van der Waals surface area contributed by atoms with Crippen LogP contribution in [0.5, 0.6) is 0 Å². The van der Waals surface area contributed by atoms with Crippen LogP contribution in [0.3, 0.4) is 0 Å². The summed E-state index contributed by atoms with van der Waals surface area (Å²) >= 11 is 1.75. The second-order valence-electron chi connectivity index (χ2n) is 6.14. The summed E-state index contributed by atoms with van der Waals surface area (Å²) in [5, 5.41) is 2.12. The van der Waals surface area contributed by atoms with Crippen molar-refractivity contribution in [2.75, 3.05) is 6.61 Å². The standard InChI is InChI=1S/C15H27NOS/c1-6-12(16)13(14-11(2)7-10-18-14)17-9-8-15(3,4)5/h7,10,12-13H,6,8-9,16H2,1-5H3. The molecule has 18 heavy (non-hydrogen) atoms. The number of rotatable bonds is 6. The summed E-state index contributed by atoms with van der Waals surface area (Å²) in [4.78, 5) is 1.29. The van der Waals surface area contributed by atoms with E-state index in [4.69, 9.17) is 10.5 Å². The summed E-state index contributed by atoms with van der Waals surface area (Å²) < 4.78 is 6.08. The molecule has 2 nitrogen and oxygen atoms in total. The Labute approximate surface area is 116 Å². The summed E-state index contributed by atoms with van der Waals surface area (Å²) in [6, 6.07) is 2.23. The summed E-state index contributed by atoms with van der Waals surface area (Å²) in [5.41, 5.74) is 7.82. The summed E-state index contributed by atoms with van der Waals surface area (Å²) in [6.45, 7) is 11.7. The van der Waals surface area contributed by atoms with Gasteiger partial charge in [0.05, 0.1) is 0 Å². The monoisotopic (exact) mass is 269 g/mol. The van der Waals surface area contributed by atoms with Crippen LogP contribution in [-0.4, -0.2) is 12.6 Å². The maximum atomic E-state index is 6.21.